The van der Waals surface area contributed by atoms with Crippen LogP contribution in [0, 0.1) is 12.7 Å². The Kier molecular flexibility index (Phi) is 3.82. The molecule has 2 aromatic carbocycles. The Morgan fingerprint density at radius 1 is 1.10 bits per heavy atom. The lowest BCUT2D eigenvalue weighted by atomic mass is 9.98. The van der Waals surface area contributed by atoms with Gasteiger partial charge in [-0.15, -0.1) is 0 Å². The highest BCUT2D eigenvalue weighted by Crippen LogP contribution is 2.41. The summed E-state index contributed by atoms with van der Waals surface area (Å²) >= 11 is 6.05. The SMILES string of the molecule is Cc1cc(N2C(=O)c3oc4ccc(Cl)cc4c(=O)c3C2c2ccc(F)cc2)no1. The number of fused-ring (bicyclic) bond motifs is 2. The summed E-state index contributed by atoms with van der Waals surface area (Å²) in [5.41, 5.74) is 0.557. The fourth-order valence-electron chi connectivity index (χ4n) is 3.61. The highest BCUT2D eigenvalue weighted by Gasteiger charge is 2.44. The molecular formula is C21H12ClFN2O4. The quantitative estimate of drug-likeness (QED) is 0.481. The van der Waals surface area contributed by atoms with Crippen LogP contribution < -0.4 is 10.3 Å². The lowest BCUT2D eigenvalue weighted by Gasteiger charge is -2.22. The summed E-state index contributed by atoms with van der Waals surface area (Å²) in [7, 11) is 0. The summed E-state index contributed by atoms with van der Waals surface area (Å²) < 4.78 is 24.4. The van der Waals surface area contributed by atoms with Crippen molar-refractivity contribution in [3.63, 3.8) is 0 Å². The van der Waals surface area contributed by atoms with Crippen LogP contribution in [0.1, 0.15) is 33.5 Å². The first-order chi connectivity index (χ1) is 13.9. The van der Waals surface area contributed by atoms with Crippen molar-refractivity contribution in [2.24, 2.45) is 0 Å². The summed E-state index contributed by atoms with van der Waals surface area (Å²) in [6, 6.07) is 10.9. The molecule has 6 nitrogen and oxygen atoms in total. The standard InChI is InChI=1S/C21H12ClFN2O4/c1-10-8-16(24-29-10)25-18(11-2-5-13(23)6-3-11)17-19(26)14-9-12(22)4-7-15(14)28-20(17)21(25)27/h2-9,18H,1H3. The first kappa shape index (κ1) is 17.6. The van der Waals surface area contributed by atoms with Gasteiger partial charge in [-0.2, -0.15) is 0 Å². The number of hydrogen-bond donors (Lipinski definition) is 0. The average molecular weight is 411 g/mol. The van der Waals surface area contributed by atoms with Crippen molar-refractivity contribution in [1.82, 2.24) is 5.16 Å². The molecule has 144 valence electrons. The van der Waals surface area contributed by atoms with Crippen LogP contribution in [-0.4, -0.2) is 11.1 Å². The number of aromatic nitrogens is 1. The van der Waals surface area contributed by atoms with Gasteiger partial charge in [0.1, 0.15) is 17.2 Å². The van der Waals surface area contributed by atoms with E-state index in [-0.39, 0.29) is 33.5 Å². The minimum atomic E-state index is -0.845. The highest BCUT2D eigenvalue weighted by atomic mass is 35.5. The minimum Gasteiger partial charge on any atom is -0.450 e. The van der Waals surface area contributed by atoms with Crippen LogP contribution in [0.3, 0.4) is 0 Å². The number of amides is 1. The number of rotatable bonds is 2. The van der Waals surface area contributed by atoms with E-state index in [2.05, 4.69) is 5.16 Å². The Hall–Kier alpha value is -3.45. The molecule has 0 saturated carbocycles. The predicted octanol–water partition coefficient (Wildman–Crippen LogP) is 4.63. The third kappa shape index (κ3) is 2.66. The zero-order valence-corrected chi connectivity index (χ0v) is 15.7. The molecular weight excluding hydrogens is 399 g/mol. The Morgan fingerprint density at radius 2 is 1.86 bits per heavy atom. The number of hydrogen-bond acceptors (Lipinski definition) is 5. The first-order valence-corrected chi connectivity index (χ1v) is 9.10. The maximum absolute atomic E-state index is 13.5. The van der Waals surface area contributed by atoms with E-state index in [9.17, 15) is 14.0 Å². The van der Waals surface area contributed by atoms with E-state index in [1.54, 1.807) is 25.1 Å². The van der Waals surface area contributed by atoms with Gasteiger partial charge >= 0.3 is 0 Å². The topological polar surface area (TPSA) is 76.6 Å². The minimum absolute atomic E-state index is 0.0835. The number of aryl methyl sites for hydroxylation is 1. The van der Waals surface area contributed by atoms with E-state index >= 15 is 0 Å². The van der Waals surface area contributed by atoms with Crippen molar-refractivity contribution in [2.45, 2.75) is 13.0 Å². The molecule has 1 unspecified atom stereocenters. The van der Waals surface area contributed by atoms with Crippen molar-refractivity contribution >= 4 is 34.3 Å². The van der Waals surface area contributed by atoms with E-state index in [0.29, 0.717) is 16.3 Å². The summed E-state index contributed by atoms with van der Waals surface area (Å²) in [4.78, 5) is 27.9. The number of carbonyl (C=O) groups excluding carboxylic acids is 1. The van der Waals surface area contributed by atoms with Gasteiger partial charge in [-0.3, -0.25) is 14.5 Å². The van der Waals surface area contributed by atoms with Crippen LogP contribution in [0.2, 0.25) is 5.02 Å². The van der Waals surface area contributed by atoms with Crippen molar-refractivity contribution in [1.29, 1.82) is 0 Å². The second-order valence-corrected chi connectivity index (χ2v) is 7.18. The second-order valence-electron chi connectivity index (χ2n) is 6.74. The molecule has 0 radical (unpaired) electrons. The van der Waals surface area contributed by atoms with Gasteiger partial charge in [-0.25, -0.2) is 4.39 Å². The van der Waals surface area contributed by atoms with Crippen LogP contribution in [0.15, 0.2) is 62.3 Å². The number of benzene rings is 2. The van der Waals surface area contributed by atoms with Crippen molar-refractivity contribution in [3.8, 4) is 0 Å². The van der Waals surface area contributed by atoms with Gasteiger partial charge in [0.05, 0.1) is 17.0 Å². The normalized spacial score (nSPS) is 15.9. The van der Waals surface area contributed by atoms with Crippen LogP contribution in [0.4, 0.5) is 10.2 Å². The molecule has 0 fully saturated rings. The summed E-state index contributed by atoms with van der Waals surface area (Å²) in [5, 5.41) is 4.56. The maximum atomic E-state index is 13.5. The fraction of sp³-hybridized carbons (Fsp3) is 0.0952. The molecule has 29 heavy (non-hydrogen) atoms. The van der Waals surface area contributed by atoms with E-state index in [1.807, 2.05) is 0 Å². The highest BCUT2D eigenvalue weighted by molar-refractivity contribution is 6.31. The Labute approximate surface area is 168 Å². The molecule has 5 rings (SSSR count). The molecule has 8 heteroatoms. The smallest absolute Gasteiger partial charge is 0.296 e. The van der Waals surface area contributed by atoms with Gasteiger partial charge in [-0.05, 0) is 42.8 Å². The van der Waals surface area contributed by atoms with Crippen molar-refractivity contribution < 1.29 is 18.1 Å². The molecule has 0 spiro atoms. The molecule has 1 aliphatic rings. The summed E-state index contributed by atoms with van der Waals surface area (Å²) in [6.45, 7) is 1.69. The molecule has 4 aromatic rings. The van der Waals surface area contributed by atoms with E-state index in [0.717, 1.165) is 0 Å². The second kappa shape index (κ2) is 6.28. The Bertz CT molecular complexity index is 1340. The summed E-state index contributed by atoms with van der Waals surface area (Å²) in [6.07, 6.45) is 0. The largest absolute Gasteiger partial charge is 0.450 e. The molecule has 2 aromatic heterocycles. The zero-order valence-electron chi connectivity index (χ0n) is 15.0. The predicted molar refractivity (Wildman–Crippen MR) is 104 cm³/mol. The molecule has 0 aliphatic carbocycles. The lowest BCUT2D eigenvalue weighted by Crippen LogP contribution is -2.29. The van der Waals surface area contributed by atoms with E-state index in [1.165, 1.54) is 35.2 Å². The number of halogens is 2. The van der Waals surface area contributed by atoms with E-state index in [4.69, 9.17) is 20.5 Å². The third-order valence-corrected chi connectivity index (χ3v) is 5.12. The molecule has 0 bridgehead atoms. The zero-order chi connectivity index (χ0) is 20.3. The number of carbonyl (C=O) groups is 1. The monoisotopic (exact) mass is 410 g/mol. The van der Waals surface area contributed by atoms with Crippen LogP contribution in [0.25, 0.3) is 11.0 Å². The van der Waals surface area contributed by atoms with Gasteiger partial charge in [0.25, 0.3) is 5.91 Å². The number of anilines is 1. The maximum Gasteiger partial charge on any atom is 0.296 e. The van der Waals surface area contributed by atoms with Gasteiger partial charge in [0, 0.05) is 11.1 Å². The van der Waals surface area contributed by atoms with Crippen molar-refractivity contribution in [2.75, 3.05) is 4.90 Å². The molecule has 1 aliphatic heterocycles. The number of nitrogens with zero attached hydrogens (tertiary/aromatic N) is 2. The van der Waals surface area contributed by atoms with E-state index < -0.39 is 17.8 Å². The molecule has 0 saturated heterocycles. The van der Waals surface area contributed by atoms with Crippen LogP contribution >= 0.6 is 11.6 Å². The van der Waals surface area contributed by atoms with Crippen LogP contribution in [-0.2, 0) is 0 Å². The molecule has 1 atom stereocenters. The summed E-state index contributed by atoms with van der Waals surface area (Å²) in [5.74, 6) is -0.316. The Balaban J connectivity index is 1.83. The van der Waals surface area contributed by atoms with Crippen LogP contribution in [0.5, 0.6) is 0 Å². The van der Waals surface area contributed by atoms with Crippen molar-refractivity contribution in [3.05, 3.63) is 92.2 Å². The van der Waals surface area contributed by atoms with Gasteiger partial charge in [0.15, 0.2) is 11.2 Å². The van der Waals surface area contributed by atoms with Gasteiger partial charge in [0.2, 0.25) is 5.76 Å². The first-order valence-electron chi connectivity index (χ1n) is 8.72. The van der Waals surface area contributed by atoms with Gasteiger partial charge in [-0.1, -0.05) is 28.9 Å². The molecule has 0 N–H and O–H groups in total. The Morgan fingerprint density at radius 3 is 2.55 bits per heavy atom. The third-order valence-electron chi connectivity index (χ3n) is 4.88. The fourth-order valence-corrected chi connectivity index (χ4v) is 3.78. The van der Waals surface area contributed by atoms with Gasteiger partial charge < -0.3 is 8.94 Å². The molecule has 1 amide bonds. The lowest BCUT2D eigenvalue weighted by molar-refractivity contribution is 0.0969. The molecule has 3 heterocycles. The average Bonchev–Trinajstić information content (AvgIpc) is 3.25.